The topological polar surface area (TPSA) is 0 Å². The third-order valence-corrected chi connectivity index (χ3v) is 1.21. The Labute approximate surface area is 139 Å². The summed E-state index contributed by atoms with van der Waals surface area (Å²) in [5.41, 5.74) is 0. The van der Waals surface area contributed by atoms with E-state index in [1.807, 2.05) is 0 Å². The highest BCUT2D eigenvalue weighted by atomic mass is 13.7. The zero-order valence-corrected chi connectivity index (χ0v) is 11.1. The van der Waals surface area contributed by atoms with Gasteiger partial charge in [-0.15, -0.1) is 0 Å². The minimum atomic E-state index is 0. The highest BCUT2D eigenvalue weighted by Crippen LogP contribution is 1.88. The standard InChI is InChI=1S/C5H12.2C4H10.7CH4/c1-3-5-4-2;1-4(2)3;1-3-4-2;;;;;;;/h3-5H2,1-2H3;4H,1-3H3;3-4H2,1-2H3;7*1H4. The van der Waals surface area contributed by atoms with Crippen LogP contribution in [0.2, 0.25) is 0 Å². The van der Waals surface area contributed by atoms with Crippen molar-refractivity contribution in [1.82, 2.24) is 0 Å². The first-order valence-corrected chi connectivity index (χ1v) is 6.06. The molecule has 20 heavy (non-hydrogen) atoms. The van der Waals surface area contributed by atoms with Crippen molar-refractivity contribution < 1.29 is 0 Å². The number of hydrogen-bond acceptors (Lipinski definition) is 0. The molecule has 0 saturated carbocycles. The number of rotatable bonds is 3. The van der Waals surface area contributed by atoms with Crippen molar-refractivity contribution in [1.29, 1.82) is 0 Å². The van der Waals surface area contributed by atoms with Crippen molar-refractivity contribution in [2.45, 2.75) is 133 Å². The molecule has 0 bridgehead atoms. The molecule has 0 aromatic rings. The van der Waals surface area contributed by atoms with Crippen LogP contribution in [0, 0.1) is 5.92 Å². The molecule has 0 aliphatic heterocycles. The van der Waals surface area contributed by atoms with Gasteiger partial charge in [0, 0.05) is 0 Å². The van der Waals surface area contributed by atoms with Crippen LogP contribution in [0.4, 0.5) is 0 Å². The van der Waals surface area contributed by atoms with E-state index in [4.69, 9.17) is 0 Å². The van der Waals surface area contributed by atoms with Gasteiger partial charge in [0.1, 0.15) is 0 Å². The van der Waals surface area contributed by atoms with Crippen molar-refractivity contribution >= 4 is 0 Å². The van der Waals surface area contributed by atoms with E-state index in [0.29, 0.717) is 0 Å². The Morgan fingerprint density at radius 3 is 0.600 bits per heavy atom. The van der Waals surface area contributed by atoms with E-state index < -0.39 is 0 Å². The molecular weight excluding hydrogens is 240 g/mol. The molecule has 0 amide bonds. The maximum Gasteiger partial charge on any atom is -0.0500 e. The molecule has 0 aromatic carbocycles. The van der Waals surface area contributed by atoms with Gasteiger partial charge in [0.2, 0.25) is 0 Å². The van der Waals surface area contributed by atoms with Crippen LogP contribution < -0.4 is 0 Å². The van der Waals surface area contributed by atoms with Crippen LogP contribution in [-0.4, -0.2) is 0 Å². The Balaban J connectivity index is -0.00000000802. The Hall–Kier alpha value is 0. The third-order valence-electron chi connectivity index (χ3n) is 1.21. The van der Waals surface area contributed by atoms with Gasteiger partial charge in [0.25, 0.3) is 0 Å². The number of unbranched alkanes of at least 4 members (excludes halogenated alkanes) is 3. The average Bonchev–Trinajstić information content (AvgIpc) is 2.05. The lowest BCUT2D eigenvalue weighted by Gasteiger charge is -1.79. The summed E-state index contributed by atoms with van der Waals surface area (Å²) in [7, 11) is 0. The lowest BCUT2D eigenvalue weighted by atomic mass is 10.3. The molecule has 0 heteroatoms. The van der Waals surface area contributed by atoms with Gasteiger partial charge in [-0.25, -0.2) is 0 Å². The molecule has 0 spiro atoms. The Kier molecular flexibility index (Phi) is 347. The minimum absolute atomic E-state index is 0. The largest absolute Gasteiger partial charge is 0.0776 e. The summed E-state index contributed by atoms with van der Waals surface area (Å²) >= 11 is 0. The van der Waals surface area contributed by atoms with E-state index in [1.165, 1.54) is 32.1 Å². The zero-order chi connectivity index (χ0) is 11.1. The van der Waals surface area contributed by atoms with Crippen molar-refractivity contribution in [2.75, 3.05) is 0 Å². The molecular formula is C20H60. The molecule has 0 radical (unpaired) electrons. The first-order valence-electron chi connectivity index (χ1n) is 6.06. The monoisotopic (exact) mass is 300 g/mol. The SMILES string of the molecule is C.C.C.C.C.C.C.CC(C)C.CCCC.CCCCC. The minimum Gasteiger partial charge on any atom is -0.0776 e. The van der Waals surface area contributed by atoms with Crippen molar-refractivity contribution in [3.8, 4) is 0 Å². The summed E-state index contributed by atoms with van der Waals surface area (Å²) in [4.78, 5) is 0. The van der Waals surface area contributed by atoms with Crippen molar-refractivity contribution in [3.05, 3.63) is 0 Å². The summed E-state index contributed by atoms with van der Waals surface area (Å²) in [5, 5.41) is 0. The summed E-state index contributed by atoms with van der Waals surface area (Å²) in [5.74, 6) is 0.833. The normalized spacial score (nSPS) is 5.40. The Bertz CT molecular complexity index is 39.2. The Morgan fingerprint density at radius 1 is 0.450 bits per heavy atom. The predicted octanol–water partition coefficient (Wildman–Crippen LogP) is 10.1. The van der Waals surface area contributed by atoms with Crippen molar-refractivity contribution in [3.63, 3.8) is 0 Å². The molecule has 0 saturated heterocycles. The van der Waals surface area contributed by atoms with Crippen LogP contribution in [0.15, 0.2) is 0 Å². The highest BCUT2D eigenvalue weighted by Gasteiger charge is 1.68. The van der Waals surface area contributed by atoms with Gasteiger partial charge in [-0.3, -0.25) is 0 Å². The fourth-order valence-electron chi connectivity index (χ4n) is 0.354. The molecule has 0 N–H and O–H groups in total. The van der Waals surface area contributed by atoms with Crippen molar-refractivity contribution in [2.24, 2.45) is 5.92 Å². The third kappa shape index (κ3) is 578. The summed E-state index contributed by atoms with van der Waals surface area (Å²) in [6, 6.07) is 0. The average molecular weight is 301 g/mol. The molecule has 0 unspecified atom stereocenters. The van der Waals surface area contributed by atoms with Crippen LogP contribution in [0.5, 0.6) is 0 Å². The molecule has 0 aromatic heterocycles. The number of hydrogen-bond donors (Lipinski definition) is 0. The maximum absolute atomic E-state index is 2.21. The highest BCUT2D eigenvalue weighted by molar-refractivity contribution is 4.24. The van der Waals surface area contributed by atoms with E-state index in [2.05, 4.69) is 48.5 Å². The first kappa shape index (κ1) is 72.2. The van der Waals surface area contributed by atoms with Crippen LogP contribution in [0.1, 0.15) is 133 Å². The van der Waals surface area contributed by atoms with E-state index in [1.54, 1.807) is 0 Å². The first-order chi connectivity index (χ1) is 6.06. The summed E-state index contributed by atoms with van der Waals surface area (Å²) in [6.07, 6.45) is 6.72. The van der Waals surface area contributed by atoms with Gasteiger partial charge in [0.05, 0.1) is 0 Å². The maximum atomic E-state index is 2.21. The molecule has 0 atom stereocenters. The predicted molar refractivity (Wildman–Crippen MR) is 113 cm³/mol. The lowest BCUT2D eigenvalue weighted by Crippen LogP contribution is -1.66. The van der Waals surface area contributed by atoms with Gasteiger partial charge in [-0.2, -0.15) is 0 Å². The van der Waals surface area contributed by atoms with Gasteiger partial charge in [-0.1, -0.05) is 133 Å². The second kappa shape index (κ2) is 96.2. The molecule has 140 valence electrons. The van der Waals surface area contributed by atoms with Gasteiger partial charge in [-0.05, 0) is 5.92 Å². The van der Waals surface area contributed by atoms with Gasteiger partial charge < -0.3 is 0 Å². The molecule has 0 rings (SSSR count). The second-order valence-corrected chi connectivity index (χ2v) is 4.09. The van der Waals surface area contributed by atoms with Gasteiger partial charge >= 0.3 is 0 Å². The molecule has 0 aliphatic carbocycles. The second-order valence-electron chi connectivity index (χ2n) is 4.09. The smallest absolute Gasteiger partial charge is 0.0500 e. The molecule has 0 fully saturated rings. The van der Waals surface area contributed by atoms with Gasteiger partial charge in [0.15, 0.2) is 0 Å². The van der Waals surface area contributed by atoms with Crippen LogP contribution >= 0.6 is 0 Å². The van der Waals surface area contributed by atoms with E-state index in [9.17, 15) is 0 Å². The van der Waals surface area contributed by atoms with E-state index in [0.717, 1.165) is 5.92 Å². The van der Waals surface area contributed by atoms with E-state index in [-0.39, 0.29) is 52.0 Å². The zero-order valence-electron chi connectivity index (χ0n) is 11.1. The van der Waals surface area contributed by atoms with Crippen LogP contribution in [0.25, 0.3) is 0 Å². The summed E-state index contributed by atoms with van der Waals surface area (Å²) in [6.45, 7) is 15.3. The van der Waals surface area contributed by atoms with E-state index >= 15 is 0 Å². The van der Waals surface area contributed by atoms with Crippen LogP contribution in [0.3, 0.4) is 0 Å². The summed E-state index contributed by atoms with van der Waals surface area (Å²) < 4.78 is 0. The quantitative estimate of drug-likeness (QED) is 0.486. The molecule has 0 nitrogen and oxygen atoms in total. The Morgan fingerprint density at radius 2 is 0.600 bits per heavy atom. The molecule has 0 aliphatic rings. The van der Waals surface area contributed by atoms with Crippen LogP contribution in [-0.2, 0) is 0 Å². The fourth-order valence-corrected chi connectivity index (χ4v) is 0.354. The molecule has 0 heterocycles. The fraction of sp³-hybridized carbons (Fsp3) is 1.00. The lowest BCUT2D eigenvalue weighted by molar-refractivity contribution is 0.737.